The number of anilines is 1. The quantitative estimate of drug-likeness (QED) is 0.218. The minimum Gasteiger partial charge on any atom is -0.507 e. The monoisotopic (exact) mass is 485 g/mol. The van der Waals surface area contributed by atoms with Crippen molar-refractivity contribution in [2.45, 2.75) is 19.9 Å². The number of ketones is 1. The Morgan fingerprint density at radius 2 is 1.83 bits per heavy atom. The number of nitrogens with one attached hydrogen (secondary N) is 1. The van der Waals surface area contributed by atoms with Gasteiger partial charge in [0.05, 0.1) is 29.3 Å². The van der Waals surface area contributed by atoms with E-state index in [-0.39, 0.29) is 17.3 Å². The maximum atomic E-state index is 13.7. The molecule has 1 aliphatic rings. The zero-order valence-corrected chi connectivity index (χ0v) is 19.7. The molecule has 36 heavy (non-hydrogen) atoms. The highest BCUT2D eigenvalue weighted by atomic mass is 19.1. The van der Waals surface area contributed by atoms with E-state index in [0.717, 1.165) is 0 Å². The molecule has 0 aliphatic carbocycles. The number of hydrogen-bond donors (Lipinski definition) is 2. The Bertz CT molecular complexity index is 1460. The number of aromatic amines is 1. The molecule has 8 heteroatoms. The summed E-state index contributed by atoms with van der Waals surface area (Å²) in [7, 11) is 0. The Labute approximate surface area is 206 Å². The first kappa shape index (κ1) is 23.3. The van der Waals surface area contributed by atoms with Crippen LogP contribution in [0.2, 0.25) is 0 Å². The first-order valence-electron chi connectivity index (χ1n) is 11.6. The van der Waals surface area contributed by atoms with E-state index in [0.29, 0.717) is 40.4 Å². The van der Waals surface area contributed by atoms with Crippen molar-refractivity contribution in [2.75, 3.05) is 11.5 Å². The number of amides is 1. The smallest absolute Gasteiger partial charge is 0.302 e. The molecule has 182 valence electrons. The highest BCUT2D eigenvalue weighted by Crippen LogP contribution is 2.42. The second kappa shape index (κ2) is 9.30. The van der Waals surface area contributed by atoms with E-state index in [2.05, 4.69) is 9.97 Å². The van der Waals surface area contributed by atoms with Crippen LogP contribution in [0.1, 0.15) is 31.0 Å². The molecule has 3 aromatic carbocycles. The molecule has 1 saturated heterocycles. The van der Waals surface area contributed by atoms with Gasteiger partial charge in [0.2, 0.25) is 5.95 Å². The number of carbonyl (C=O) groups excluding carboxylic acids is 2. The van der Waals surface area contributed by atoms with Crippen molar-refractivity contribution < 1.29 is 23.8 Å². The van der Waals surface area contributed by atoms with Crippen LogP contribution in [-0.2, 0) is 9.59 Å². The first-order valence-corrected chi connectivity index (χ1v) is 11.6. The Kier molecular flexibility index (Phi) is 6.01. The predicted octanol–water partition coefficient (Wildman–Crippen LogP) is 5.36. The lowest BCUT2D eigenvalue weighted by Crippen LogP contribution is -2.30. The van der Waals surface area contributed by atoms with Crippen LogP contribution >= 0.6 is 0 Å². The molecule has 2 N–H and O–H groups in total. The van der Waals surface area contributed by atoms with E-state index in [9.17, 15) is 19.1 Å². The van der Waals surface area contributed by atoms with Gasteiger partial charge < -0.3 is 14.8 Å². The molecule has 0 spiro atoms. The number of imidazole rings is 1. The minimum atomic E-state index is -1.02. The number of nitrogens with zero attached hydrogens (tertiary/aromatic N) is 2. The standard InChI is InChI=1S/C28H24FN3O4/c1-16(2)15-36-20-7-5-6-18(14-20)25(33)23-24(17-10-12-19(29)13-11-17)32(27(35)26(23)34)28-30-21-8-3-4-9-22(21)31-28/h3-14,16,24,33H,15H2,1-2H3,(H,30,31)/b25-23+. The van der Waals surface area contributed by atoms with Gasteiger partial charge in [0.1, 0.15) is 17.3 Å². The van der Waals surface area contributed by atoms with Crippen molar-refractivity contribution in [3.8, 4) is 5.75 Å². The number of para-hydroxylation sites is 2. The van der Waals surface area contributed by atoms with Gasteiger partial charge in [0.25, 0.3) is 5.78 Å². The fraction of sp³-hybridized carbons (Fsp3) is 0.179. The third-order valence-corrected chi connectivity index (χ3v) is 5.93. The Morgan fingerprint density at radius 3 is 2.56 bits per heavy atom. The van der Waals surface area contributed by atoms with Gasteiger partial charge >= 0.3 is 5.91 Å². The van der Waals surface area contributed by atoms with Crippen molar-refractivity contribution in [3.63, 3.8) is 0 Å². The van der Waals surface area contributed by atoms with Gasteiger partial charge in [0, 0.05) is 5.56 Å². The highest BCUT2D eigenvalue weighted by Gasteiger charge is 2.48. The molecule has 1 atom stereocenters. The Morgan fingerprint density at radius 1 is 1.08 bits per heavy atom. The van der Waals surface area contributed by atoms with Crippen LogP contribution in [0.5, 0.6) is 5.75 Å². The summed E-state index contributed by atoms with van der Waals surface area (Å²) in [5, 5.41) is 11.3. The number of halogens is 1. The number of aliphatic hydroxyl groups is 1. The summed E-state index contributed by atoms with van der Waals surface area (Å²) in [5.41, 5.74) is 1.95. The molecule has 1 amide bonds. The van der Waals surface area contributed by atoms with Gasteiger partial charge in [-0.3, -0.25) is 14.5 Å². The van der Waals surface area contributed by atoms with E-state index in [4.69, 9.17) is 4.74 Å². The Hall–Kier alpha value is -4.46. The summed E-state index contributed by atoms with van der Waals surface area (Å²) in [6.45, 7) is 4.52. The maximum Gasteiger partial charge on any atom is 0.302 e. The van der Waals surface area contributed by atoms with Crippen LogP contribution in [-0.4, -0.2) is 33.4 Å². The number of aromatic nitrogens is 2. The molecule has 0 bridgehead atoms. The molecule has 0 radical (unpaired) electrons. The van der Waals surface area contributed by atoms with Gasteiger partial charge in [0.15, 0.2) is 0 Å². The van der Waals surface area contributed by atoms with Crippen LogP contribution in [0.15, 0.2) is 78.4 Å². The lowest BCUT2D eigenvalue weighted by molar-refractivity contribution is -0.132. The molecule has 1 aromatic heterocycles. The van der Waals surface area contributed by atoms with Crippen molar-refractivity contribution >= 4 is 34.4 Å². The van der Waals surface area contributed by atoms with Crippen LogP contribution in [0.3, 0.4) is 0 Å². The minimum absolute atomic E-state index is 0.118. The molecule has 1 aliphatic heterocycles. The lowest BCUT2D eigenvalue weighted by Gasteiger charge is -2.23. The van der Waals surface area contributed by atoms with Crippen molar-refractivity contribution in [1.82, 2.24) is 9.97 Å². The zero-order chi connectivity index (χ0) is 25.4. The van der Waals surface area contributed by atoms with Crippen LogP contribution in [0, 0.1) is 11.7 Å². The van der Waals surface area contributed by atoms with Crippen molar-refractivity contribution in [1.29, 1.82) is 0 Å². The van der Waals surface area contributed by atoms with Crippen LogP contribution < -0.4 is 9.64 Å². The van der Waals surface area contributed by atoms with E-state index >= 15 is 0 Å². The first-order chi connectivity index (χ1) is 17.3. The normalized spacial score (nSPS) is 17.3. The Balaban J connectivity index is 1.65. The number of H-pyrrole nitrogens is 1. The molecule has 2 heterocycles. The van der Waals surface area contributed by atoms with Gasteiger partial charge in [-0.25, -0.2) is 9.37 Å². The van der Waals surface area contributed by atoms with Crippen molar-refractivity contribution in [3.05, 3.63) is 95.3 Å². The number of aliphatic hydroxyl groups excluding tert-OH is 1. The number of Topliss-reactive ketones (excluding diaryl/α,β-unsaturated/α-hetero) is 1. The van der Waals surface area contributed by atoms with Gasteiger partial charge in [-0.05, 0) is 47.9 Å². The largest absolute Gasteiger partial charge is 0.507 e. The summed E-state index contributed by atoms with van der Waals surface area (Å²) in [4.78, 5) is 35.4. The van der Waals surface area contributed by atoms with E-state index in [1.807, 2.05) is 26.0 Å². The van der Waals surface area contributed by atoms with Crippen LogP contribution in [0.4, 0.5) is 10.3 Å². The third kappa shape index (κ3) is 4.22. The maximum absolute atomic E-state index is 13.7. The predicted molar refractivity (Wildman–Crippen MR) is 134 cm³/mol. The second-order valence-corrected chi connectivity index (χ2v) is 9.03. The number of fused-ring (bicyclic) bond motifs is 1. The lowest BCUT2D eigenvalue weighted by atomic mass is 9.95. The van der Waals surface area contributed by atoms with Gasteiger partial charge in [-0.2, -0.15) is 0 Å². The average Bonchev–Trinajstić information content (AvgIpc) is 3.41. The van der Waals surface area contributed by atoms with Crippen LogP contribution in [0.25, 0.3) is 16.8 Å². The van der Waals surface area contributed by atoms with E-state index < -0.39 is 23.5 Å². The summed E-state index contributed by atoms with van der Waals surface area (Å²) in [5.74, 6) is -1.55. The zero-order valence-electron chi connectivity index (χ0n) is 19.7. The number of carbonyl (C=O) groups is 2. The summed E-state index contributed by atoms with van der Waals surface area (Å²) >= 11 is 0. The number of ether oxygens (including phenoxy) is 1. The second-order valence-electron chi connectivity index (χ2n) is 9.03. The molecular formula is C28H24FN3O4. The number of benzene rings is 3. The highest BCUT2D eigenvalue weighted by molar-refractivity contribution is 6.51. The molecule has 7 nitrogen and oxygen atoms in total. The molecular weight excluding hydrogens is 461 g/mol. The number of hydrogen-bond acceptors (Lipinski definition) is 5. The fourth-order valence-electron chi connectivity index (χ4n) is 4.22. The van der Waals surface area contributed by atoms with E-state index in [1.54, 1.807) is 36.4 Å². The molecule has 4 aromatic rings. The molecule has 1 unspecified atom stereocenters. The summed E-state index contributed by atoms with van der Waals surface area (Å²) in [6, 6.07) is 18.4. The van der Waals surface area contributed by atoms with Crippen molar-refractivity contribution in [2.24, 2.45) is 5.92 Å². The molecule has 5 rings (SSSR count). The molecule has 1 fully saturated rings. The summed E-state index contributed by atoms with van der Waals surface area (Å²) < 4.78 is 19.5. The summed E-state index contributed by atoms with van der Waals surface area (Å²) in [6.07, 6.45) is 0. The average molecular weight is 486 g/mol. The molecule has 0 saturated carbocycles. The number of rotatable bonds is 6. The fourth-order valence-corrected chi connectivity index (χ4v) is 4.22. The third-order valence-electron chi connectivity index (χ3n) is 5.93. The topological polar surface area (TPSA) is 95.5 Å². The SMILES string of the molecule is CC(C)COc1cccc(/C(O)=C2\C(=O)C(=O)N(c3nc4ccccc4[nH]3)C2c2ccc(F)cc2)c1. The van der Waals surface area contributed by atoms with Gasteiger partial charge in [-0.1, -0.05) is 50.2 Å². The van der Waals surface area contributed by atoms with E-state index in [1.165, 1.54) is 29.2 Å². The van der Waals surface area contributed by atoms with Gasteiger partial charge in [-0.15, -0.1) is 0 Å².